The summed E-state index contributed by atoms with van der Waals surface area (Å²) < 4.78 is 10.8. The summed E-state index contributed by atoms with van der Waals surface area (Å²) in [6.07, 6.45) is 3.16. The number of amides is 2. The normalized spacial score (nSPS) is 12.3. The van der Waals surface area contributed by atoms with Crippen LogP contribution < -0.4 is 25.6 Å². The van der Waals surface area contributed by atoms with Crippen molar-refractivity contribution in [1.29, 1.82) is 0 Å². The Kier molecular flexibility index (Phi) is 6.19. The molecule has 1 aromatic heterocycles. The van der Waals surface area contributed by atoms with Crippen LogP contribution in [0.15, 0.2) is 84.7 Å². The Balaban J connectivity index is 1.41. The molecule has 9 heteroatoms. The molecule has 0 bridgehead atoms. The fourth-order valence-electron chi connectivity index (χ4n) is 3.53. The largest absolute Gasteiger partial charge is 0.454 e. The Morgan fingerprint density at radius 1 is 0.943 bits per heavy atom. The van der Waals surface area contributed by atoms with Crippen LogP contribution in [-0.2, 0) is 4.79 Å². The Morgan fingerprint density at radius 2 is 1.77 bits per heavy atom. The maximum absolute atomic E-state index is 13.2. The molecule has 0 saturated carbocycles. The summed E-state index contributed by atoms with van der Waals surface area (Å²) in [4.78, 5) is 30.3. The first-order valence-corrected chi connectivity index (χ1v) is 11.0. The van der Waals surface area contributed by atoms with Crippen LogP contribution in [-0.4, -0.2) is 23.6 Å². The van der Waals surface area contributed by atoms with Crippen LogP contribution in [0.2, 0.25) is 5.02 Å². The maximum Gasteiger partial charge on any atom is 0.286 e. The predicted octanol–water partition coefficient (Wildman–Crippen LogP) is 4.53. The number of pyridine rings is 1. The topological polar surface area (TPSA) is 102 Å². The summed E-state index contributed by atoms with van der Waals surface area (Å²) >= 11 is 6.06. The molecule has 0 aliphatic carbocycles. The molecule has 8 nitrogen and oxygen atoms in total. The summed E-state index contributed by atoms with van der Waals surface area (Å²) in [6.45, 7) is 0.135. The van der Waals surface area contributed by atoms with Gasteiger partial charge in [0.25, 0.3) is 11.8 Å². The van der Waals surface area contributed by atoms with Gasteiger partial charge in [0.15, 0.2) is 11.5 Å². The van der Waals surface area contributed by atoms with Gasteiger partial charge in [0.05, 0.1) is 11.2 Å². The van der Waals surface area contributed by atoms with Crippen LogP contribution in [0.4, 0.5) is 5.69 Å². The van der Waals surface area contributed by atoms with Gasteiger partial charge in [-0.15, -0.1) is 0 Å². The summed E-state index contributed by atoms with van der Waals surface area (Å²) in [5.41, 5.74) is 7.95. The number of fused-ring (bicyclic) bond motifs is 2. The standard InChI is InChI=1S/C26H19ClN4O4/c27-18-7-8-19-20(10-11-28-21(19)14-18)30-31-26(33)22(29-25(32)17-4-2-1-3-5-17)12-16-6-9-23-24(13-16)35-15-34-23/h1-14H,15H2,(H,28,30)(H,29,32)(H,31,33)/b22-12-. The van der Waals surface area contributed by atoms with Crippen molar-refractivity contribution in [3.05, 3.63) is 101 Å². The van der Waals surface area contributed by atoms with E-state index in [2.05, 4.69) is 21.2 Å². The molecule has 2 amide bonds. The number of aromatic nitrogens is 1. The van der Waals surface area contributed by atoms with Gasteiger partial charge in [0, 0.05) is 22.2 Å². The Labute approximate surface area is 205 Å². The molecule has 35 heavy (non-hydrogen) atoms. The number of anilines is 1. The lowest BCUT2D eigenvalue weighted by Crippen LogP contribution is -2.37. The molecule has 1 aliphatic rings. The highest BCUT2D eigenvalue weighted by Crippen LogP contribution is 2.33. The van der Waals surface area contributed by atoms with Crippen molar-refractivity contribution in [3.63, 3.8) is 0 Å². The summed E-state index contributed by atoms with van der Waals surface area (Å²) in [5.74, 6) is 0.211. The average Bonchev–Trinajstić information content (AvgIpc) is 3.35. The molecular formula is C26H19ClN4O4. The lowest BCUT2D eigenvalue weighted by molar-refractivity contribution is -0.117. The van der Waals surface area contributed by atoms with Crippen molar-refractivity contribution in [3.8, 4) is 11.5 Å². The van der Waals surface area contributed by atoms with E-state index < -0.39 is 11.8 Å². The molecule has 0 atom stereocenters. The van der Waals surface area contributed by atoms with E-state index in [4.69, 9.17) is 21.1 Å². The van der Waals surface area contributed by atoms with E-state index in [9.17, 15) is 9.59 Å². The number of hydrogen-bond acceptors (Lipinski definition) is 6. The minimum Gasteiger partial charge on any atom is -0.454 e. The third-order valence-electron chi connectivity index (χ3n) is 5.25. The fraction of sp³-hybridized carbons (Fsp3) is 0.0385. The number of benzene rings is 3. The smallest absolute Gasteiger partial charge is 0.286 e. The molecular weight excluding hydrogens is 468 g/mol. The van der Waals surface area contributed by atoms with E-state index in [0.717, 1.165) is 5.39 Å². The monoisotopic (exact) mass is 486 g/mol. The second-order valence-corrected chi connectivity index (χ2v) is 8.03. The molecule has 4 aromatic rings. The van der Waals surface area contributed by atoms with E-state index in [1.54, 1.807) is 79.0 Å². The third kappa shape index (κ3) is 5.02. The number of carbonyl (C=O) groups is 2. The Bertz CT molecular complexity index is 1460. The number of hydrazine groups is 1. The maximum atomic E-state index is 13.2. The van der Waals surface area contributed by atoms with Crippen LogP contribution in [0.5, 0.6) is 11.5 Å². The first-order chi connectivity index (χ1) is 17.1. The zero-order valence-electron chi connectivity index (χ0n) is 18.2. The quantitative estimate of drug-likeness (QED) is 0.273. The van der Waals surface area contributed by atoms with Gasteiger partial charge in [-0.05, 0) is 60.2 Å². The molecule has 3 aromatic carbocycles. The van der Waals surface area contributed by atoms with Crippen molar-refractivity contribution in [2.75, 3.05) is 12.2 Å². The van der Waals surface area contributed by atoms with Gasteiger partial charge >= 0.3 is 0 Å². The van der Waals surface area contributed by atoms with Crippen molar-refractivity contribution in [2.24, 2.45) is 0 Å². The van der Waals surface area contributed by atoms with Gasteiger partial charge in [-0.1, -0.05) is 35.9 Å². The zero-order valence-corrected chi connectivity index (χ0v) is 19.0. The highest BCUT2D eigenvalue weighted by Gasteiger charge is 2.17. The van der Waals surface area contributed by atoms with E-state index in [1.165, 1.54) is 0 Å². The summed E-state index contributed by atoms with van der Waals surface area (Å²) in [5, 5.41) is 4.03. The van der Waals surface area contributed by atoms with Gasteiger partial charge in [-0.3, -0.25) is 25.4 Å². The highest BCUT2D eigenvalue weighted by molar-refractivity contribution is 6.31. The first-order valence-electron chi connectivity index (χ1n) is 10.7. The van der Waals surface area contributed by atoms with E-state index in [-0.39, 0.29) is 12.5 Å². The van der Waals surface area contributed by atoms with Crippen molar-refractivity contribution in [1.82, 2.24) is 15.7 Å². The predicted molar refractivity (Wildman–Crippen MR) is 133 cm³/mol. The lowest BCUT2D eigenvalue weighted by atomic mass is 10.1. The molecule has 0 saturated heterocycles. The number of carbonyl (C=O) groups excluding carboxylic acids is 2. The molecule has 0 unspecified atom stereocenters. The van der Waals surface area contributed by atoms with Crippen LogP contribution in [0.3, 0.4) is 0 Å². The van der Waals surface area contributed by atoms with Crippen LogP contribution in [0, 0.1) is 0 Å². The highest BCUT2D eigenvalue weighted by atomic mass is 35.5. The fourth-order valence-corrected chi connectivity index (χ4v) is 3.70. The van der Waals surface area contributed by atoms with Gasteiger partial charge in [0.2, 0.25) is 6.79 Å². The van der Waals surface area contributed by atoms with Crippen LogP contribution in [0.1, 0.15) is 15.9 Å². The molecule has 0 radical (unpaired) electrons. The number of nitrogens with one attached hydrogen (secondary N) is 3. The van der Waals surface area contributed by atoms with Crippen LogP contribution in [0.25, 0.3) is 17.0 Å². The SMILES string of the molecule is O=C(NNc1ccnc2cc(Cl)ccc12)/C(=C/c1ccc2c(c1)OCO2)NC(=O)c1ccccc1. The summed E-state index contributed by atoms with van der Waals surface area (Å²) in [7, 11) is 0. The molecule has 3 N–H and O–H groups in total. The minimum absolute atomic E-state index is 0.0339. The second kappa shape index (κ2) is 9.74. The first kappa shape index (κ1) is 22.2. The molecule has 0 fully saturated rings. The lowest BCUT2D eigenvalue weighted by Gasteiger charge is -2.14. The molecule has 174 valence electrons. The number of halogens is 1. The van der Waals surface area contributed by atoms with Gasteiger partial charge < -0.3 is 14.8 Å². The minimum atomic E-state index is -0.550. The molecule has 1 aliphatic heterocycles. The average molecular weight is 487 g/mol. The van der Waals surface area contributed by atoms with Crippen LogP contribution >= 0.6 is 11.6 Å². The molecule has 5 rings (SSSR count). The summed E-state index contributed by atoms with van der Waals surface area (Å²) in [6, 6.07) is 20.9. The Hall–Kier alpha value is -4.56. The van der Waals surface area contributed by atoms with E-state index in [0.29, 0.717) is 38.9 Å². The number of rotatable bonds is 6. The van der Waals surface area contributed by atoms with E-state index in [1.807, 2.05) is 6.07 Å². The van der Waals surface area contributed by atoms with Crippen molar-refractivity contribution < 1.29 is 19.1 Å². The Morgan fingerprint density at radius 3 is 2.63 bits per heavy atom. The third-order valence-corrected chi connectivity index (χ3v) is 5.49. The molecule has 0 spiro atoms. The number of ether oxygens (including phenoxy) is 2. The van der Waals surface area contributed by atoms with Gasteiger partial charge in [0.1, 0.15) is 5.70 Å². The number of hydrogen-bond donors (Lipinski definition) is 3. The van der Waals surface area contributed by atoms with Crippen molar-refractivity contribution >= 4 is 46.1 Å². The van der Waals surface area contributed by atoms with Gasteiger partial charge in [-0.25, -0.2) is 0 Å². The zero-order chi connectivity index (χ0) is 24.2. The second-order valence-electron chi connectivity index (χ2n) is 7.59. The van der Waals surface area contributed by atoms with Crippen molar-refractivity contribution in [2.45, 2.75) is 0 Å². The molecule has 2 heterocycles. The van der Waals surface area contributed by atoms with E-state index >= 15 is 0 Å². The van der Waals surface area contributed by atoms with Gasteiger partial charge in [-0.2, -0.15) is 0 Å². The number of nitrogens with zero attached hydrogens (tertiary/aromatic N) is 1.